The molecule has 0 bridgehead atoms. The molecule has 2 N–H and O–H groups in total. The number of amides is 1. The third-order valence-corrected chi connectivity index (χ3v) is 2.36. The number of carboxylic acid groups (broad SMARTS) is 1. The number of rotatable bonds is 7. The highest BCUT2D eigenvalue weighted by Crippen LogP contribution is 1.99. The fraction of sp³-hybridized carbons (Fsp3) is 0.385. The first-order valence-corrected chi connectivity index (χ1v) is 5.73. The van der Waals surface area contributed by atoms with Crippen LogP contribution in [0.25, 0.3) is 0 Å². The number of hydrogen-bond acceptors (Lipinski definition) is 3. The van der Waals surface area contributed by atoms with Gasteiger partial charge in [-0.1, -0.05) is 30.3 Å². The molecule has 0 saturated carbocycles. The maximum Gasteiger partial charge on any atom is 0.325 e. The van der Waals surface area contributed by atoms with Gasteiger partial charge in [0.1, 0.15) is 12.6 Å². The van der Waals surface area contributed by atoms with Crippen molar-refractivity contribution in [3.05, 3.63) is 35.9 Å². The van der Waals surface area contributed by atoms with E-state index in [2.05, 4.69) is 5.32 Å². The second-order valence-electron chi connectivity index (χ2n) is 3.92. The number of carbonyl (C=O) groups is 2. The third kappa shape index (κ3) is 5.45. The van der Waals surface area contributed by atoms with E-state index in [-0.39, 0.29) is 6.61 Å². The Kier molecular flexibility index (Phi) is 5.87. The fourth-order valence-electron chi connectivity index (χ4n) is 1.34. The summed E-state index contributed by atoms with van der Waals surface area (Å²) in [5, 5.41) is 10.9. The van der Waals surface area contributed by atoms with Gasteiger partial charge in [0.2, 0.25) is 5.91 Å². The molecule has 1 amide bonds. The van der Waals surface area contributed by atoms with Crippen LogP contribution in [0.5, 0.6) is 0 Å². The normalized spacial score (nSPS) is 11.8. The van der Waals surface area contributed by atoms with Gasteiger partial charge >= 0.3 is 5.97 Å². The van der Waals surface area contributed by atoms with Crippen LogP contribution in [0.1, 0.15) is 12.5 Å². The second-order valence-corrected chi connectivity index (χ2v) is 3.92. The van der Waals surface area contributed by atoms with E-state index in [0.717, 1.165) is 12.0 Å². The molecule has 18 heavy (non-hydrogen) atoms. The van der Waals surface area contributed by atoms with Crippen LogP contribution < -0.4 is 5.32 Å². The Hall–Kier alpha value is -1.88. The van der Waals surface area contributed by atoms with Crippen LogP contribution in [0.3, 0.4) is 0 Å². The molecule has 5 heteroatoms. The molecule has 1 aromatic carbocycles. The minimum Gasteiger partial charge on any atom is -0.480 e. The number of ether oxygens (including phenoxy) is 1. The first-order valence-electron chi connectivity index (χ1n) is 5.73. The number of aliphatic carboxylic acids is 1. The molecule has 0 heterocycles. The van der Waals surface area contributed by atoms with E-state index in [1.165, 1.54) is 6.92 Å². The van der Waals surface area contributed by atoms with Crippen molar-refractivity contribution in [2.24, 2.45) is 0 Å². The summed E-state index contributed by atoms with van der Waals surface area (Å²) >= 11 is 0. The standard InChI is InChI=1S/C13H17NO4/c1-10(13(16)17)14-12(15)9-18-8-7-11-5-3-2-4-6-11/h2-6,10H,7-9H2,1H3,(H,14,15)(H,16,17). The zero-order valence-corrected chi connectivity index (χ0v) is 10.3. The number of carboxylic acids is 1. The van der Waals surface area contributed by atoms with Crippen LogP contribution >= 0.6 is 0 Å². The van der Waals surface area contributed by atoms with Crippen molar-refractivity contribution >= 4 is 11.9 Å². The van der Waals surface area contributed by atoms with Crippen molar-refractivity contribution in [2.45, 2.75) is 19.4 Å². The van der Waals surface area contributed by atoms with E-state index in [9.17, 15) is 9.59 Å². The minimum absolute atomic E-state index is 0.121. The molecular formula is C13H17NO4. The number of benzene rings is 1. The van der Waals surface area contributed by atoms with E-state index in [0.29, 0.717) is 6.61 Å². The van der Waals surface area contributed by atoms with Gasteiger partial charge in [-0.3, -0.25) is 9.59 Å². The van der Waals surface area contributed by atoms with Crippen LogP contribution in [0.2, 0.25) is 0 Å². The molecule has 1 unspecified atom stereocenters. The summed E-state index contributed by atoms with van der Waals surface area (Å²) in [6.07, 6.45) is 0.725. The average molecular weight is 251 g/mol. The molecule has 0 aliphatic carbocycles. The van der Waals surface area contributed by atoms with Crippen molar-refractivity contribution in [3.63, 3.8) is 0 Å². The van der Waals surface area contributed by atoms with Gasteiger partial charge < -0.3 is 15.2 Å². The van der Waals surface area contributed by atoms with E-state index in [1.807, 2.05) is 30.3 Å². The van der Waals surface area contributed by atoms with Gasteiger partial charge in [0.15, 0.2) is 0 Å². The van der Waals surface area contributed by atoms with E-state index in [1.54, 1.807) is 0 Å². The lowest BCUT2D eigenvalue weighted by Crippen LogP contribution is -2.40. The Morgan fingerprint density at radius 2 is 2.00 bits per heavy atom. The zero-order valence-electron chi connectivity index (χ0n) is 10.3. The Labute approximate surface area is 106 Å². The summed E-state index contributed by atoms with van der Waals surface area (Å²) in [6, 6.07) is 8.89. The molecule has 98 valence electrons. The van der Waals surface area contributed by atoms with Gasteiger partial charge in [-0.15, -0.1) is 0 Å². The first kappa shape index (κ1) is 14.2. The molecular weight excluding hydrogens is 234 g/mol. The third-order valence-electron chi connectivity index (χ3n) is 2.36. The summed E-state index contributed by atoms with van der Waals surface area (Å²) in [6.45, 7) is 1.72. The molecule has 0 fully saturated rings. The van der Waals surface area contributed by atoms with Crippen LogP contribution in [-0.2, 0) is 20.7 Å². The molecule has 0 aliphatic rings. The number of hydrogen-bond donors (Lipinski definition) is 2. The number of nitrogens with one attached hydrogen (secondary N) is 1. The van der Waals surface area contributed by atoms with Crippen molar-refractivity contribution in [1.29, 1.82) is 0 Å². The molecule has 0 saturated heterocycles. The second kappa shape index (κ2) is 7.45. The maximum absolute atomic E-state index is 11.3. The van der Waals surface area contributed by atoms with Crippen molar-refractivity contribution in [1.82, 2.24) is 5.32 Å². The monoisotopic (exact) mass is 251 g/mol. The molecule has 0 radical (unpaired) electrons. The topological polar surface area (TPSA) is 75.6 Å². The fourth-order valence-corrected chi connectivity index (χ4v) is 1.34. The van der Waals surface area contributed by atoms with Gasteiger partial charge in [0, 0.05) is 0 Å². The Balaban J connectivity index is 2.14. The van der Waals surface area contributed by atoms with E-state index in [4.69, 9.17) is 9.84 Å². The predicted octanol–water partition coefficient (Wildman–Crippen LogP) is 0.835. The molecule has 0 aromatic heterocycles. The predicted molar refractivity (Wildman–Crippen MR) is 66.2 cm³/mol. The van der Waals surface area contributed by atoms with Crippen molar-refractivity contribution < 1.29 is 19.4 Å². The first-order chi connectivity index (χ1) is 8.59. The van der Waals surface area contributed by atoms with Crippen LogP contribution in [-0.4, -0.2) is 36.2 Å². The smallest absolute Gasteiger partial charge is 0.325 e. The minimum atomic E-state index is -1.06. The maximum atomic E-state index is 11.3. The molecule has 0 spiro atoms. The van der Waals surface area contributed by atoms with Crippen LogP contribution in [0.4, 0.5) is 0 Å². The highest BCUT2D eigenvalue weighted by molar-refractivity contribution is 5.83. The average Bonchev–Trinajstić information content (AvgIpc) is 2.35. The molecule has 1 atom stereocenters. The Morgan fingerprint density at radius 1 is 1.33 bits per heavy atom. The van der Waals surface area contributed by atoms with Gasteiger partial charge in [-0.2, -0.15) is 0 Å². The molecule has 0 aliphatic heterocycles. The lowest BCUT2D eigenvalue weighted by molar-refractivity contribution is -0.142. The largest absolute Gasteiger partial charge is 0.480 e. The van der Waals surface area contributed by atoms with Gasteiger partial charge in [0.05, 0.1) is 6.61 Å². The SMILES string of the molecule is CC(NC(=O)COCCc1ccccc1)C(=O)O. The Morgan fingerprint density at radius 3 is 2.61 bits per heavy atom. The summed E-state index contributed by atoms with van der Waals surface area (Å²) in [5.41, 5.74) is 1.14. The molecule has 5 nitrogen and oxygen atoms in total. The zero-order chi connectivity index (χ0) is 13.4. The number of carbonyl (C=O) groups excluding carboxylic acids is 1. The van der Waals surface area contributed by atoms with Crippen molar-refractivity contribution in [2.75, 3.05) is 13.2 Å². The quantitative estimate of drug-likeness (QED) is 0.704. The molecule has 1 aromatic rings. The summed E-state index contributed by atoms with van der Waals surface area (Å²) in [5.74, 6) is -1.48. The summed E-state index contributed by atoms with van der Waals surface area (Å²) in [4.78, 5) is 21.8. The van der Waals surface area contributed by atoms with Crippen LogP contribution in [0, 0.1) is 0 Å². The van der Waals surface area contributed by atoms with Crippen molar-refractivity contribution in [3.8, 4) is 0 Å². The highest BCUT2D eigenvalue weighted by Gasteiger charge is 2.13. The van der Waals surface area contributed by atoms with Gasteiger partial charge in [0.25, 0.3) is 0 Å². The summed E-state index contributed by atoms with van der Waals surface area (Å²) < 4.78 is 5.18. The lowest BCUT2D eigenvalue weighted by Gasteiger charge is -2.09. The highest BCUT2D eigenvalue weighted by atomic mass is 16.5. The van der Waals surface area contributed by atoms with Crippen LogP contribution in [0.15, 0.2) is 30.3 Å². The lowest BCUT2D eigenvalue weighted by atomic mass is 10.2. The molecule has 1 rings (SSSR count). The van der Waals surface area contributed by atoms with E-state index >= 15 is 0 Å². The Bertz CT molecular complexity index is 391. The summed E-state index contributed by atoms with van der Waals surface area (Å²) in [7, 11) is 0. The van der Waals surface area contributed by atoms with Gasteiger partial charge in [-0.05, 0) is 18.9 Å². The van der Waals surface area contributed by atoms with E-state index < -0.39 is 17.9 Å². The van der Waals surface area contributed by atoms with Gasteiger partial charge in [-0.25, -0.2) is 0 Å².